The molecule has 15 heteroatoms. The number of aliphatic hydroxyl groups is 1. The topological polar surface area (TPSA) is 184 Å². The predicted molar refractivity (Wildman–Crippen MR) is 154 cm³/mol. The van der Waals surface area contributed by atoms with Gasteiger partial charge < -0.3 is 29.7 Å². The van der Waals surface area contributed by atoms with Crippen LogP contribution in [0.15, 0.2) is 45.3 Å². The molecule has 2 aromatic rings. The van der Waals surface area contributed by atoms with Crippen LogP contribution in [0.2, 0.25) is 10.0 Å². The second-order valence-corrected chi connectivity index (χ2v) is 10.3. The number of furan rings is 1. The largest absolute Gasteiger partial charge is 0.480 e. The van der Waals surface area contributed by atoms with Crippen LogP contribution in [-0.4, -0.2) is 88.3 Å². The Kier molecular flexibility index (Phi) is 9.84. The Morgan fingerprint density at radius 2 is 2.07 bits per heavy atom. The molecular formula is C27H27Cl2N7O6. The first-order valence-electron chi connectivity index (χ1n) is 12.8. The highest BCUT2D eigenvalue weighted by Crippen LogP contribution is 2.35. The van der Waals surface area contributed by atoms with Gasteiger partial charge in [-0.3, -0.25) is 14.9 Å². The molecule has 220 valence electrons. The molecule has 2 aliphatic heterocycles. The van der Waals surface area contributed by atoms with Crippen molar-refractivity contribution < 1.29 is 29.0 Å². The van der Waals surface area contributed by atoms with Gasteiger partial charge in [-0.1, -0.05) is 35.9 Å². The Morgan fingerprint density at radius 1 is 1.29 bits per heavy atom. The van der Waals surface area contributed by atoms with Crippen molar-refractivity contribution in [2.75, 3.05) is 26.2 Å². The SMILES string of the molecule is C=CC=Nc1ccc(C(=O)N2CCc3c(cc(Cl)c(C(=O)N[C@@H](CN=C(NC#N)N4CC[C@H](O)C4)C(=O)O)c3Cl)C2)o1. The number of fused-ring (bicyclic) bond motifs is 1. The molecule has 0 spiro atoms. The van der Waals surface area contributed by atoms with Crippen LogP contribution in [0.1, 0.15) is 38.5 Å². The van der Waals surface area contributed by atoms with Gasteiger partial charge in [0.2, 0.25) is 11.8 Å². The molecule has 2 amide bonds. The summed E-state index contributed by atoms with van der Waals surface area (Å²) in [6, 6.07) is 3.15. The fraction of sp³-hybridized carbons (Fsp3) is 0.333. The molecule has 0 saturated carbocycles. The quantitative estimate of drug-likeness (QED) is 0.150. The van der Waals surface area contributed by atoms with E-state index in [0.717, 1.165) is 0 Å². The van der Waals surface area contributed by atoms with Crippen LogP contribution in [0.4, 0.5) is 5.88 Å². The van der Waals surface area contributed by atoms with Crippen molar-refractivity contribution in [1.82, 2.24) is 20.4 Å². The standard InChI is InChI=1S/C27H27Cl2N7O6/c1-2-7-31-21-4-3-20(42-21)25(39)35-9-6-17-15(12-35)10-18(28)22(23(17)29)24(38)34-19(26(40)41)11-32-27(33-14-30)36-8-5-16(37)13-36/h2-4,7,10,16,19,37H,1,5-6,8-9,11-13H2,(H,32,33)(H,34,38)(H,40,41)/t16-,19-/m0/s1. The number of likely N-dealkylation sites (tertiary alicyclic amines) is 1. The van der Waals surface area contributed by atoms with E-state index in [1.807, 2.05) is 0 Å². The van der Waals surface area contributed by atoms with E-state index < -0.39 is 30.6 Å². The van der Waals surface area contributed by atoms with E-state index in [-0.39, 0.29) is 58.8 Å². The normalized spacial score (nSPS) is 17.5. The number of aliphatic hydroxyl groups excluding tert-OH is 1. The molecular weight excluding hydrogens is 589 g/mol. The molecule has 1 aromatic heterocycles. The molecule has 13 nitrogen and oxygen atoms in total. The van der Waals surface area contributed by atoms with Crippen LogP contribution in [0.3, 0.4) is 0 Å². The number of hydrogen-bond donors (Lipinski definition) is 4. The minimum absolute atomic E-state index is 0.0184. The van der Waals surface area contributed by atoms with Gasteiger partial charge in [0.15, 0.2) is 12.0 Å². The monoisotopic (exact) mass is 615 g/mol. The predicted octanol–water partition coefficient (Wildman–Crippen LogP) is 2.35. The van der Waals surface area contributed by atoms with Gasteiger partial charge in [-0.05, 0) is 36.1 Å². The maximum Gasteiger partial charge on any atom is 0.328 e. The molecule has 4 rings (SSSR count). The third-order valence-electron chi connectivity index (χ3n) is 6.69. The zero-order chi connectivity index (χ0) is 30.4. The zero-order valence-electron chi connectivity index (χ0n) is 22.2. The van der Waals surface area contributed by atoms with E-state index in [4.69, 9.17) is 32.9 Å². The number of halogens is 2. The van der Waals surface area contributed by atoms with Crippen LogP contribution in [0.5, 0.6) is 0 Å². The fourth-order valence-electron chi connectivity index (χ4n) is 4.62. The third kappa shape index (κ3) is 6.91. The van der Waals surface area contributed by atoms with Gasteiger partial charge in [0.25, 0.3) is 11.8 Å². The highest BCUT2D eigenvalue weighted by molar-refractivity contribution is 6.40. The number of carbonyl (C=O) groups excluding carboxylic acids is 2. The average Bonchev–Trinajstić information content (AvgIpc) is 3.61. The summed E-state index contributed by atoms with van der Waals surface area (Å²) < 4.78 is 5.49. The fourth-order valence-corrected chi connectivity index (χ4v) is 5.39. The number of allylic oxidation sites excluding steroid dienone is 1. The van der Waals surface area contributed by atoms with Gasteiger partial charge in [0.05, 0.1) is 28.3 Å². The summed E-state index contributed by atoms with van der Waals surface area (Å²) in [6.07, 6.45) is 4.86. The second-order valence-electron chi connectivity index (χ2n) is 9.47. The minimum Gasteiger partial charge on any atom is -0.480 e. The van der Waals surface area contributed by atoms with Crippen LogP contribution in [0, 0.1) is 11.5 Å². The van der Waals surface area contributed by atoms with Crippen molar-refractivity contribution in [3.05, 3.63) is 63.3 Å². The molecule has 4 N–H and O–H groups in total. The number of amides is 2. The molecule has 2 atom stereocenters. The van der Waals surface area contributed by atoms with Gasteiger partial charge >= 0.3 is 5.97 Å². The van der Waals surface area contributed by atoms with E-state index in [1.165, 1.54) is 24.4 Å². The molecule has 1 aromatic carbocycles. The number of nitriles is 1. The van der Waals surface area contributed by atoms with Crippen molar-refractivity contribution in [2.24, 2.45) is 9.98 Å². The number of nitrogens with one attached hydrogen (secondary N) is 2. The van der Waals surface area contributed by atoms with Crippen LogP contribution in [-0.2, 0) is 17.8 Å². The molecule has 0 radical (unpaired) electrons. The summed E-state index contributed by atoms with van der Waals surface area (Å²) in [5.74, 6) is -2.07. The Balaban J connectivity index is 1.48. The van der Waals surface area contributed by atoms with Gasteiger partial charge in [0.1, 0.15) is 6.04 Å². The molecule has 1 fully saturated rings. The van der Waals surface area contributed by atoms with Crippen molar-refractivity contribution in [1.29, 1.82) is 5.26 Å². The zero-order valence-corrected chi connectivity index (χ0v) is 23.7. The number of aliphatic imine (C=N–C) groups is 2. The van der Waals surface area contributed by atoms with E-state index in [9.17, 15) is 24.6 Å². The number of carbonyl (C=O) groups is 3. The summed E-state index contributed by atoms with van der Waals surface area (Å²) in [5, 5.41) is 33.4. The van der Waals surface area contributed by atoms with Crippen LogP contribution < -0.4 is 10.6 Å². The van der Waals surface area contributed by atoms with E-state index in [0.29, 0.717) is 30.5 Å². The lowest BCUT2D eigenvalue weighted by atomic mass is 9.96. The number of rotatable bonds is 8. The lowest BCUT2D eigenvalue weighted by Gasteiger charge is -2.30. The number of carboxylic acids is 1. The Morgan fingerprint density at radius 3 is 2.74 bits per heavy atom. The van der Waals surface area contributed by atoms with Crippen molar-refractivity contribution in [3.63, 3.8) is 0 Å². The molecule has 2 aliphatic rings. The lowest BCUT2D eigenvalue weighted by molar-refractivity contribution is -0.138. The van der Waals surface area contributed by atoms with Gasteiger partial charge in [-0.15, -0.1) is 0 Å². The molecule has 3 heterocycles. The van der Waals surface area contributed by atoms with Gasteiger partial charge in [-0.2, -0.15) is 5.26 Å². The van der Waals surface area contributed by atoms with E-state index in [1.54, 1.807) is 22.1 Å². The number of nitrogens with zero attached hydrogens (tertiary/aromatic N) is 5. The molecule has 0 aliphatic carbocycles. The van der Waals surface area contributed by atoms with Gasteiger partial charge in [-0.25, -0.2) is 14.8 Å². The maximum atomic E-state index is 13.2. The molecule has 0 unspecified atom stereocenters. The first-order chi connectivity index (χ1) is 20.1. The second kappa shape index (κ2) is 13.5. The van der Waals surface area contributed by atoms with E-state index in [2.05, 4.69) is 27.2 Å². The van der Waals surface area contributed by atoms with Crippen LogP contribution >= 0.6 is 23.2 Å². The Hall–Kier alpha value is -4.38. The Labute approximate surface area is 250 Å². The summed E-state index contributed by atoms with van der Waals surface area (Å²) in [5.41, 5.74) is 1.15. The van der Waals surface area contributed by atoms with E-state index >= 15 is 0 Å². The van der Waals surface area contributed by atoms with Crippen molar-refractivity contribution in [3.8, 4) is 6.19 Å². The first kappa shape index (κ1) is 30.6. The third-order valence-corrected chi connectivity index (χ3v) is 7.40. The first-order valence-corrected chi connectivity index (χ1v) is 13.6. The minimum atomic E-state index is -1.47. The van der Waals surface area contributed by atoms with Gasteiger partial charge in [0, 0.05) is 38.5 Å². The van der Waals surface area contributed by atoms with Crippen molar-refractivity contribution in [2.45, 2.75) is 31.5 Å². The highest BCUT2D eigenvalue weighted by Gasteiger charge is 2.31. The summed E-state index contributed by atoms with van der Waals surface area (Å²) >= 11 is 13.1. The highest BCUT2D eigenvalue weighted by atomic mass is 35.5. The summed E-state index contributed by atoms with van der Waals surface area (Å²) in [7, 11) is 0. The number of benzene rings is 1. The number of hydrogen-bond acceptors (Lipinski definition) is 8. The number of guanidine groups is 1. The smallest absolute Gasteiger partial charge is 0.328 e. The van der Waals surface area contributed by atoms with Crippen molar-refractivity contribution >= 4 is 59.0 Å². The average molecular weight is 616 g/mol. The number of aliphatic carboxylic acids is 1. The maximum absolute atomic E-state index is 13.2. The Bertz CT molecular complexity index is 1500. The lowest BCUT2D eigenvalue weighted by Crippen LogP contribution is -2.45. The molecule has 0 bridgehead atoms. The van der Waals surface area contributed by atoms with Crippen LogP contribution in [0.25, 0.3) is 0 Å². The number of carboxylic acid groups (broad SMARTS) is 1. The number of β-amino-alcohol motifs (C(OH)–C–C–N with tert-alkyl or cyclic N) is 1. The summed E-state index contributed by atoms with van der Waals surface area (Å²) in [4.78, 5) is 49.5. The molecule has 1 saturated heterocycles. The summed E-state index contributed by atoms with van der Waals surface area (Å²) in [6.45, 7) is 4.24. The molecule has 42 heavy (non-hydrogen) atoms.